The number of carbonyl (C=O) groups is 16. The van der Waals surface area contributed by atoms with Crippen molar-refractivity contribution in [2.45, 2.75) is 128 Å². The molecular formula is C85H176N34O17. The minimum absolute atomic E-state index is 0.00430. The van der Waals surface area contributed by atoms with Crippen molar-refractivity contribution in [1.82, 2.24) is 114 Å². The fourth-order valence-electron chi connectivity index (χ4n) is 13.0. The summed E-state index contributed by atoms with van der Waals surface area (Å²) in [6, 6.07) is 0. The Kier molecular flexibility index (Phi) is 86.8. The summed E-state index contributed by atoms with van der Waals surface area (Å²) in [7, 11) is 0. The summed E-state index contributed by atoms with van der Waals surface area (Å²) in [5.74, 6) is -2.99. The highest BCUT2D eigenvalue weighted by atomic mass is 16.7. The summed E-state index contributed by atoms with van der Waals surface area (Å²) < 4.78 is 0. The molecule has 0 aliphatic rings. The number of carbonyl (C=O) groups excluding carboxylic acids is 16. The number of hydrogen-bond acceptors (Lipinski definition) is 39. The Balaban J connectivity index is 0. The van der Waals surface area contributed by atoms with Crippen molar-refractivity contribution in [3.05, 3.63) is 0 Å². The van der Waals surface area contributed by atoms with Crippen LogP contribution in [0.15, 0.2) is 0 Å². The van der Waals surface area contributed by atoms with Crippen molar-refractivity contribution in [2.24, 2.45) is 68.8 Å². The Morgan fingerprint density at radius 2 is 0.368 bits per heavy atom. The molecule has 0 aliphatic heterocycles. The van der Waals surface area contributed by atoms with Crippen LogP contribution < -0.4 is 143 Å². The molecule has 0 saturated carbocycles. The quantitative estimate of drug-likeness (QED) is 0.0199. The lowest BCUT2D eigenvalue weighted by Gasteiger charge is -2.28. The largest absolute Gasteiger partial charge is 0.369 e. The fourth-order valence-corrected chi connectivity index (χ4v) is 13.0. The second kappa shape index (κ2) is 91.3. The third-order valence-corrected chi connectivity index (χ3v) is 20.9. The number of nitrogens with zero attached hydrogens (tertiary/aromatic N) is 8. The minimum atomic E-state index is -0.566. The van der Waals surface area contributed by atoms with E-state index in [9.17, 15) is 76.7 Å². The number of hydrogen-bond donors (Lipinski definition) is 26. The molecule has 0 aliphatic carbocycles. The molecule has 0 aromatic rings. The summed E-state index contributed by atoms with van der Waals surface area (Å²) in [5, 5.41) is 36.3. The Morgan fingerprint density at radius 3 is 0.581 bits per heavy atom. The first kappa shape index (κ1) is 129. The monoisotopic (exact) mass is 1950 g/mol. The Morgan fingerprint density at radius 1 is 0.176 bits per heavy atom. The van der Waals surface area contributed by atoms with Gasteiger partial charge in [-0.2, -0.15) is 0 Å². The van der Waals surface area contributed by atoms with E-state index in [-0.39, 0.29) is 316 Å². The number of amides is 12. The van der Waals surface area contributed by atoms with E-state index in [0.717, 1.165) is 0 Å². The van der Waals surface area contributed by atoms with Gasteiger partial charge < -0.3 is 177 Å². The van der Waals surface area contributed by atoms with E-state index in [4.69, 9.17) is 73.6 Å². The molecule has 38 N–H and O–H groups in total. The second-order valence-corrected chi connectivity index (χ2v) is 32.1. The van der Waals surface area contributed by atoms with Crippen molar-refractivity contribution in [3.8, 4) is 0 Å². The van der Waals surface area contributed by atoms with Crippen LogP contribution in [0.25, 0.3) is 0 Å². The first-order valence-corrected chi connectivity index (χ1v) is 48.2. The highest BCUT2D eigenvalue weighted by Crippen LogP contribution is 2.09. The predicted molar refractivity (Wildman–Crippen MR) is 521 cm³/mol. The molecule has 0 radical (unpaired) electrons. The third-order valence-electron chi connectivity index (χ3n) is 20.9. The molecule has 0 saturated heterocycles. The van der Waals surface area contributed by atoms with Crippen LogP contribution in [-0.2, 0) is 81.6 Å². The lowest BCUT2D eigenvalue weighted by atomic mass is 10.1. The topological polar surface area (TPSA) is 789 Å². The third kappa shape index (κ3) is 82.3. The van der Waals surface area contributed by atoms with Gasteiger partial charge in [-0.25, -0.2) is 0 Å². The number of Topliss-reactive ketones (excluding diaryl/α,β-unsaturated/α-hetero) is 3. The zero-order valence-electron chi connectivity index (χ0n) is 81.2. The van der Waals surface area contributed by atoms with Crippen LogP contribution in [0, 0.1) is 0 Å². The molecule has 0 aromatic carbocycles. The van der Waals surface area contributed by atoms with E-state index in [1.165, 1.54) is 0 Å². The molecular weight excluding hydrogens is 1770 g/mol. The first-order chi connectivity index (χ1) is 65.6. The molecule has 0 bridgehead atoms. The first-order valence-electron chi connectivity index (χ1n) is 48.2. The van der Waals surface area contributed by atoms with Crippen molar-refractivity contribution in [3.63, 3.8) is 0 Å². The van der Waals surface area contributed by atoms with Crippen LogP contribution in [0.5, 0.6) is 0 Å². The average Bonchev–Trinajstić information content (AvgIpc) is 0.930. The van der Waals surface area contributed by atoms with Gasteiger partial charge in [0.2, 0.25) is 70.9 Å². The summed E-state index contributed by atoms with van der Waals surface area (Å²) in [6.07, 6.45) is 4.12. The lowest BCUT2D eigenvalue weighted by molar-refractivity contribution is -0.151. The highest BCUT2D eigenvalue weighted by molar-refractivity contribution is 5.83. The van der Waals surface area contributed by atoms with E-state index in [2.05, 4.69) is 79.5 Å². The standard InChI is InChI=1S/C62H127N25O13.C23H49N9O4/c63-15-21-72-53(90)5-33-82(34-6-54(91)73-22-16-64)30-1-2-51(88)3-31-86(39-11-59(96)78-27-43-83(32-4-52(89)48-71-49-69)35-7-55(92)74-23-17-65)46-47-87(40-12-60(97)79-28-44-84(36-8-56(93)75-24-18-66)37-9-57(94)76-25-19-67)41-13-61(98)80-29-45-85(38-10-58(95)77-26-20-68)42-14-62(99)100-81-50-70;24-7-1-2-20(33)3-14-31(15-4-21(34)28-11-8-25)18-19-32(16-5-22(35)29-12-9-26)17-6-23(36)30-13-10-27/h71,81H,1-50,63-70H2,(H,72,90)(H,73,91)(H,74,92)(H,75,93)(H,76,94)(H,77,95)(H,78,96)(H,79,97)(H,80,98);1-19,24-27H2,(H,28,34)(H,29,35)(H,30,36). The maximum Gasteiger partial charge on any atom is 0.326 e. The molecule has 136 heavy (non-hydrogen) atoms. The fraction of sp³-hybridized carbons (Fsp3) is 0.812. The number of ketones is 3. The molecule has 51 nitrogen and oxygen atoms in total. The van der Waals surface area contributed by atoms with Crippen molar-refractivity contribution >= 4 is 94.2 Å². The van der Waals surface area contributed by atoms with Gasteiger partial charge in [-0.3, -0.25) is 82.0 Å². The Bertz CT molecular complexity index is 2750. The van der Waals surface area contributed by atoms with Crippen LogP contribution in [-0.4, -0.2) is 454 Å². The Labute approximate surface area is 804 Å². The van der Waals surface area contributed by atoms with Crippen molar-refractivity contribution < 1.29 is 81.6 Å². The lowest BCUT2D eigenvalue weighted by Crippen LogP contribution is -2.43. The molecule has 0 spiro atoms. The number of nitrogens with two attached hydrogens (primary N) is 12. The highest BCUT2D eigenvalue weighted by Gasteiger charge is 2.23. The van der Waals surface area contributed by atoms with Crippen LogP contribution in [0.2, 0.25) is 0 Å². The average molecular weight is 1950 g/mol. The molecule has 0 aromatic heterocycles. The smallest absolute Gasteiger partial charge is 0.326 e. The summed E-state index contributed by atoms with van der Waals surface area (Å²) in [4.78, 5) is 223. The molecule has 788 valence electrons. The molecule has 12 amide bonds. The van der Waals surface area contributed by atoms with Crippen molar-refractivity contribution in [2.75, 3.05) is 321 Å². The van der Waals surface area contributed by atoms with Crippen LogP contribution >= 0.6 is 0 Å². The van der Waals surface area contributed by atoms with Gasteiger partial charge in [0.1, 0.15) is 17.3 Å². The second-order valence-electron chi connectivity index (χ2n) is 32.1. The minimum Gasteiger partial charge on any atom is -0.369 e. The van der Waals surface area contributed by atoms with E-state index in [0.29, 0.717) is 222 Å². The molecule has 0 fully saturated rings. The molecule has 51 heteroatoms. The summed E-state index contributed by atoms with van der Waals surface area (Å²) in [5.41, 5.74) is 68.4. The normalized spacial score (nSPS) is 11.2. The zero-order valence-corrected chi connectivity index (χ0v) is 81.2. The maximum atomic E-state index is 13.8. The van der Waals surface area contributed by atoms with E-state index in [1.54, 1.807) is 0 Å². The molecule has 0 heterocycles. The van der Waals surface area contributed by atoms with E-state index >= 15 is 0 Å². The molecule has 0 unspecified atom stereocenters. The Hall–Kier alpha value is -8.76. The predicted octanol–water partition coefficient (Wildman–Crippen LogP) is -13.7. The van der Waals surface area contributed by atoms with Crippen molar-refractivity contribution in [1.29, 1.82) is 0 Å². The van der Waals surface area contributed by atoms with Gasteiger partial charge >= 0.3 is 5.97 Å². The van der Waals surface area contributed by atoms with E-state index in [1.807, 2.05) is 34.3 Å². The maximum absolute atomic E-state index is 13.8. The summed E-state index contributed by atoms with van der Waals surface area (Å²) in [6.45, 7) is 15.4. The molecule has 0 rings (SSSR count). The van der Waals surface area contributed by atoms with Gasteiger partial charge in [0.05, 0.1) is 19.6 Å². The summed E-state index contributed by atoms with van der Waals surface area (Å²) >= 11 is 0. The van der Waals surface area contributed by atoms with Gasteiger partial charge in [-0.15, -0.1) is 5.48 Å². The van der Waals surface area contributed by atoms with Gasteiger partial charge in [0.15, 0.2) is 0 Å². The molecule has 0 atom stereocenters. The SMILES string of the molecule is NCCCC(=O)CCN(CCC(=O)NCCN)CCN(CCC(=O)NCCN)CCC(=O)NCCN.NCCNC(=O)CCN(CCNC(=O)CCN(CCC(=O)CCCN(CCC(=O)NCCN)CCC(=O)NCCN)CCN(CCC(=O)NCCN(CCC(=O)NCCN)CCC(=O)NCCN)CCC(=O)NCCN(CCC(=O)NCCN)CCC(=O)ONCN)CCC(=O)CNCN. The van der Waals surface area contributed by atoms with Crippen LogP contribution in [0.1, 0.15) is 128 Å². The number of hydroxylamine groups is 1. The van der Waals surface area contributed by atoms with E-state index < -0.39 is 5.97 Å². The van der Waals surface area contributed by atoms with Gasteiger partial charge in [-0.05, 0) is 25.9 Å². The van der Waals surface area contributed by atoms with Crippen LogP contribution in [0.4, 0.5) is 0 Å². The number of nitrogens with one attached hydrogen (secondary N) is 14. The number of rotatable bonds is 93. The van der Waals surface area contributed by atoms with Crippen LogP contribution in [0.3, 0.4) is 0 Å². The van der Waals surface area contributed by atoms with Gasteiger partial charge in [0.25, 0.3) is 0 Å². The van der Waals surface area contributed by atoms with Gasteiger partial charge in [0, 0.05) is 404 Å². The van der Waals surface area contributed by atoms with Gasteiger partial charge in [-0.1, -0.05) is 0 Å². The zero-order chi connectivity index (χ0) is 101.